The van der Waals surface area contributed by atoms with E-state index in [9.17, 15) is 0 Å². The number of pyridine rings is 3. The maximum atomic E-state index is 5.27. The van der Waals surface area contributed by atoms with E-state index in [1.807, 2.05) is 23.9 Å². The highest BCUT2D eigenvalue weighted by Gasteiger charge is 2.53. The normalized spacial score (nSPS) is 15.1. The van der Waals surface area contributed by atoms with Gasteiger partial charge >= 0.3 is 0 Å². The fourth-order valence-electron chi connectivity index (χ4n) is 11.8. The van der Waals surface area contributed by atoms with Crippen LogP contribution in [-0.4, -0.2) is 19.5 Å². The maximum Gasteiger partial charge on any atom is 0.204 e. The van der Waals surface area contributed by atoms with Gasteiger partial charge in [0.25, 0.3) is 0 Å². The second-order valence-corrected chi connectivity index (χ2v) is 17.0. The fourth-order valence-corrected chi connectivity index (χ4v) is 11.8. The van der Waals surface area contributed by atoms with E-state index in [4.69, 9.17) is 15.0 Å². The molecule has 0 radical (unpaired) electrons. The molecule has 0 spiro atoms. The molecule has 3 aliphatic rings. The van der Waals surface area contributed by atoms with Crippen LogP contribution in [-0.2, 0) is 23.4 Å². The smallest absolute Gasteiger partial charge is 0.204 e. The second-order valence-electron chi connectivity index (χ2n) is 17.0. The first kappa shape index (κ1) is 35.7. The Morgan fingerprint density at radius 2 is 0.810 bits per heavy atom. The fraction of sp³-hybridized carbons (Fsp3) is 0.0690. The Labute approximate surface area is 366 Å². The molecule has 0 saturated carbocycles. The Morgan fingerprint density at radius 1 is 0.429 bits per heavy atom. The molecule has 4 heterocycles. The third-order valence-electron chi connectivity index (χ3n) is 14.1. The number of hydrogen-bond donors (Lipinski definition) is 0. The molecule has 0 atom stereocenters. The molecule has 296 valence electrons. The lowest BCUT2D eigenvalue weighted by Crippen LogP contribution is -2.38. The van der Waals surface area contributed by atoms with Crippen LogP contribution in [0.4, 0.5) is 0 Å². The standard InChI is InChI=1S/C58H39N5/c1-62-30-31-63(38-62)58(53-26-12-6-20-47(53)48-21-7-13-27-54(48)58)42-33-40(35-60-37-42)56(49-22-8-2-16-43(49)44-17-3-9-23-50(44)56)39-32-41(36-59-34-39)57(55-28-14-15-29-61-55)51-24-10-4-18-45(51)46-19-5-11-25-52(46)57/h2-37H,1H3. The summed E-state index contributed by atoms with van der Waals surface area (Å²) in [5.41, 5.74) is 17.4. The Bertz CT molecular complexity index is 3320. The van der Waals surface area contributed by atoms with E-state index in [-0.39, 0.29) is 0 Å². The van der Waals surface area contributed by atoms with Gasteiger partial charge in [-0.1, -0.05) is 152 Å². The van der Waals surface area contributed by atoms with Gasteiger partial charge in [-0.25, -0.2) is 0 Å². The van der Waals surface area contributed by atoms with Gasteiger partial charge in [-0.2, -0.15) is 0 Å². The quantitative estimate of drug-likeness (QED) is 0.124. The number of aromatic nitrogens is 5. The molecular weight excluding hydrogens is 767 g/mol. The van der Waals surface area contributed by atoms with Crippen molar-refractivity contribution in [3.05, 3.63) is 287 Å². The van der Waals surface area contributed by atoms with Crippen LogP contribution in [0.3, 0.4) is 0 Å². The molecule has 0 bridgehead atoms. The summed E-state index contributed by atoms with van der Waals surface area (Å²) in [4.78, 5) is 15.7. The van der Waals surface area contributed by atoms with Crippen molar-refractivity contribution < 1.29 is 4.57 Å². The zero-order chi connectivity index (χ0) is 41.8. The van der Waals surface area contributed by atoms with Crippen molar-refractivity contribution in [1.82, 2.24) is 19.5 Å². The van der Waals surface area contributed by atoms with E-state index in [0.29, 0.717) is 0 Å². The Kier molecular flexibility index (Phi) is 7.50. The molecular formula is C58H39N5. The van der Waals surface area contributed by atoms with E-state index in [1.54, 1.807) is 0 Å². The molecule has 0 aliphatic heterocycles. The van der Waals surface area contributed by atoms with E-state index < -0.39 is 16.4 Å². The summed E-state index contributed by atoms with van der Waals surface area (Å²) in [6, 6.07) is 64.1. The molecule has 63 heavy (non-hydrogen) atoms. The van der Waals surface area contributed by atoms with Crippen LogP contribution in [0.5, 0.6) is 0 Å². The number of aryl methyl sites for hydroxylation is 1. The lowest BCUT2D eigenvalue weighted by atomic mass is 9.65. The van der Waals surface area contributed by atoms with Crippen molar-refractivity contribution in [3.63, 3.8) is 0 Å². The first-order valence-corrected chi connectivity index (χ1v) is 21.5. The number of fused-ring (bicyclic) bond motifs is 9. The van der Waals surface area contributed by atoms with Crippen LogP contribution >= 0.6 is 0 Å². The highest BCUT2D eigenvalue weighted by Crippen LogP contribution is 2.60. The van der Waals surface area contributed by atoms with Crippen LogP contribution < -0.4 is 4.57 Å². The van der Waals surface area contributed by atoms with E-state index in [1.165, 1.54) is 66.8 Å². The topological polar surface area (TPSA) is 47.5 Å². The SMILES string of the molecule is C[n+]1[c-]n(C2(c3cncc(C4(c5cncc(C6(c7ccccn7)c7ccccc7-c7ccccc76)c5)c5ccccc5-c5ccccc54)c3)c3ccccc3-c3ccccc32)cc1. The van der Waals surface area contributed by atoms with Crippen LogP contribution in [0.2, 0.25) is 0 Å². The third-order valence-corrected chi connectivity index (χ3v) is 14.1. The van der Waals surface area contributed by atoms with Gasteiger partial charge in [0.2, 0.25) is 6.33 Å². The molecule has 5 nitrogen and oxygen atoms in total. The minimum absolute atomic E-state index is 0.725. The maximum absolute atomic E-state index is 5.27. The molecule has 0 fully saturated rings. The van der Waals surface area contributed by atoms with Gasteiger partial charge in [-0.3, -0.25) is 15.0 Å². The van der Waals surface area contributed by atoms with Gasteiger partial charge in [-0.15, -0.1) is 0 Å². The third kappa shape index (κ3) is 4.55. The zero-order valence-corrected chi connectivity index (χ0v) is 34.5. The summed E-state index contributed by atoms with van der Waals surface area (Å²) in [5.74, 6) is 0. The summed E-state index contributed by atoms with van der Waals surface area (Å²) in [7, 11) is 2.03. The molecule has 0 amide bonds. The first-order valence-electron chi connectivity index (χ1n) is 21.5. The van der Waals surface area contributed by atoms with Gasteiger partial charge < -0.3 is 9.13 Å². The number of imidazole rings is 1. The van der Waals surface area contributed by atoms with Crippen LogP contribution in [0.25, 0.3) is 33.4 Å². The largest absolute Gasteiger partial charge is 0.354 e. The predicted octanol–water partition coefficient (Wildman–Crippen LogP) is 10.8. The number of nitrogens with zero attached hydrogens (tertiary/aromatic N) is 5. The van der Waals surface area contributed by atoms with E-state index in [0.717, 1.165) is 27.9 Å². The van der Waals surface area contributed by atoms with Gasteiger partial charge in [0, 0.05) is 47.7 Å². The second kappa shape index (κ2) is 13.2. The highest BCUT2D eigenvalue weighted by molar-refractivity contribution is 5.89. The van der Waals surface area contributed by atoms with Crippen molar-refractivity contribution in [1.29, 1.82) is 0 Å². The van der Waals surface area contributed by atoms with Gasteiger partial charge in [0.1, 0.15) is 0 Å². The minimum Gasteiger partial charge on any atom is -0.354 e. The summed E-state index contributed by atoms with van der Waals surface area (Å²) >= 11 is 0. The molecule has 0 unspecified atom stereocenters. The zero-order valence-electron chi connectivity index (χ0n) is 34.5. The predicted molar refractivity (Wildman–Crippen MR) is 246 cm³/mol. The van der Waals surface area contributed by atoms with Gasteiger partial charge in [0.15, 0.2) is 5.54 Å². The lowest BCUT2D eigenvalue weighted by molar-refractivity contribution is -0.675. The van der Waals surface area contributed by atoms with Crippen molar-refractivity contribution in [2.75, 3.05) is 0 Å². The Morgan fingerprint density at radius 3 is 1.25 bits per heavy atom. The Hall–Kier alpha value is -8.02. The molecule has 13 rings (SSSR count). The van der Waals surface area contributed by atoms with Crippen molar-refractivity contribution in [2.45, 2.75) is 16.4 Å². The summed E-state index contributed by atoms with van der Waals surface area (Å²) in [6.45, 7) is 0. The summed E-state index contributed by atoms with van der Waals surface area (Å²) in [6.07, 6.45) is 18.1. The number of benzene rings is 6. The number of rotatable bonds is 6. The first-order chi connectivity index (χ1) is 31.2. The van der Waals surface area contributed by atoms with Crippen LogP contribution in [0.15, 0.2) is 219 Å². The average molecular weight is 806 g/mol. The van der Waals surface area contributed by atoms with E-state index in [2.05, 4.69) is 218 Å². The highest BCUT2D eigenvalue weighted by atomic mass is 15.2. The van der Waals surface area contributed by atoms with Crippen molar-refractivity contribution in [3.8, 4) is 33.4 Å². The van der Waals surface area contributed by atoms with Gasteiger partial charge in [0.05, 0.1) is 23.6 Å². The van der Waals surface area contributed by atoms with Crippen molar-refractivity contribution in [2.24, 2.45) is 7.05 Å². The monoisotopic (exact) mass is 805 g/mol. The van der Waals surface area contributed by atoms with Crippen molar-refractivity contribution >= 4 is 0 Å². The van der Waals surface area contributed by atoms with Crippen LogP contribution in [0, 0.1) is 6.33 Å². The molecule has 10 aromatic rings. The van der Waals surface area contributed by atoms with E-state index >= 15 is 0 Å². The molecule has 5 heteroatoms. The average Bonchev–Trinajstić information content (AvgIpc) is 4.09. The molecule has 0 saturated heterocycles. The van der Waals surface area contributed by atoms with Crippen LogP contribution in [0.1, 0.15) is 61.3 Å². The molecule has 6 aromatic carbocycles. The molecule has 3 aliphatic carbocycles. The lowest BCUT2D eigenvalue weighted by Gasteiger charge is -2.37. The number of hydrogen-bond acceptors (Lipinski definition) is 3. The molecule has 4 aromatic heterocycles. The Balaban J connectivity index is 1.13. The van der Waals surface area contributed by atoms with Gasteiger partial charge in [-0.05, 0) is 109 Å². The summed E-state index contributed by atoms with van der Waals surface area (Å²) in [5, 5.41) is 0. The summed E-state index contributed by atoms with van der Waals surface area (Å²) < 4.78 is 4.25. The molecule has 0 N–H and O–H groups in total. The minimum atomic E-state index is -0.800.